The quantitative estimate of drug-likeness (QED) is 0.658. The molecule has 1 aliphatic heterocycles. The summed E-state index contributed by atoms with van der Waals surface area (Å²) in [7, 11) is -1.65. The van der Waals surface area contributed by atoms with Crippen molar-refractivity contribution in [1.82, 2.24) is 9.62 Å². The number of aliphatic imine (C=N–C) groups is 1. The van der Waals surface area contributed by atoms with Crippen molar-refractivity contribution in [2.45, 2.75) is 6.92 Å². The molecule has 0 spiro atoms. The lowest BCUT2D eigenvalue weighted by atomic mass is 10.5. The van der Waals surface area contributed by atoms with E-state index < -0.39 is 10.0 Å². The Morgan fingerprint density at radius 2 is 2.31 bits per heavy atom. The van der Waals surface area contributed by atoms with Crippen molar-refractivity contribution in [2.75, 3.05) is 32.4 Å². The van der Waals surface area contributed by atoms with Crippen molar-refractivity contribution < 1.29 is 8.42 Å². The molecule has 0 saturated heterocycles. The van der Waals surface area contributed by atoms with Crippen molar-refractivity contribution in [1.29, 1.82) is 0 Å². The van der Waals surface area contributed by atoms with Gasteiger partial charge in [-0.1, -0.05) is 0 Å². The summed E-state index contributed by atoms with van der Waals surface area (Å²) in [6, 6.07) is 0. The molecule has 1 aliphatic rings. The molecule has 6 heteroatoms. The second-order valence-corrected chi connectivity index (χ2v) is 4.98. The second-order valence-electron chi connectivity index (χ2n) is 2.94. The molecular weight excluding hydrogens is 190 g/mol. The first-order valence-electron chi connectivity index (χ1n) is 4.22. The van der Waals surface area contributed by atoms with Crippen molar-refractivity contribution in [3.8, 4) is 0 Å². The second kappa shape index (κ2) is 4.06. The Morgan fingerprint density at radius 3 is 2.77 bits per heavy atom. The smallest absolute Gasteiger partial charge is 0.213 e. The molecule has 5 nitrogen and oxygen atoms in total. The van der Waals surface area contributed by atoms with Gasteiger partial charge in [0.25, 0.3) is 0 Å². The summed E-state index contributed by atoms with van der Waals surface area (Å²) < 4.78 is 24.5. The average molecular weight is 205 g/mol. The molecule has 1 rings (SSSR count). The Hall–Kier alpha value is -0.620. The average Bonchev–Trinajstić information content (AvgIpc) is 2.48. The van der Waals surface area contributed by atoms with Gasteiger partial charge in [0.1, 0.15) is 0 Å². The lowest BCUT2D eigenvalue weighted by Crippen LogP contribution is -2.34. The van der Waals surface area contributed by atoms with Crippen molar-refractivity contribution in [2.24, 2.45) is 4.99 Å². The van der Waals surface area contributed by atoms with Crippen molar-refractivity contribution in [3.05, 3.63) is 0 Å². The Labute approximate surface area is 78.9 Å². The van der Waals surface area contributed by atoms with Crippen LogP contribution in [-0.2, 0) is 10.0 Å². The maximum Gasteiger partial charge on any atom is 0.213 e. The van der Waals surface area contributed by atoms with E-state index in [1.165, 1.54) is 7.05 Å². The summed E-state index contributed by atoms with van der Waals surface area (Å²) in [5.74, 6) is 1.07. The predicted molar refractivity (Wildman–Crippen MR) is 52.4 cm³/mol. The summed E-state index contributed by atoms with van der Waals surface area (Å²) in [4.78, 5) is 6.15. The Balaban J connectivity index is 2.39. The normalized spacial score (nSPS) is 17.7. The van der Waals surface area contributed by atoms with E-state index in [1.807, 2.05) is 11.8 Å². The van der Waals surface area contributed by atoms with Crippen LogP contribution in [0, 0.1) is 0 Å². The molecule has 0 saturated carbocycles. The first kappa shape index (κ1) is 10.5. The molecule has 0 aromatic heterocycles. The molecule has 1 N–H and O–H groups in total. The van der Waals surface area contributed by atoms with E-state index in [0.29, 0.717) is 6.54 Å². The topological polar surface area (TPSA) is 61.8 Å². The first-order chi connectivity index (χ1) is 6.05. The van der Waals surface area contributed by atoms with E-state index in [1.54, 1.807) is 0 Å². The standard InChI is InChI=1S/C7H15N3O2S/c1-7-9-3-4-10(7)5-6-13(11,12)8-2/h8H,3-6H2,1-2H3. The molecule has 0 fully saturated rings. The van der Waals surface area contributed by atoms with Gasteiger partial charge in [0.2, 0.25) is 10.0 Å². The molecule has 0 radical (unpaired) electrons. The fourth-order valence-corrected chi connectivity index (χ4v) is 1.87. The molecule has 0 bridgehead atoms. The summed E-state index contributed by atoms with van der Waals surface area (Å²) in [6.45, 7) is 4.05. The number of amidine groups is 1. The van der Waals surface area contributed by atoms with Gasteiger partial charge in [0.05, 0.1) is 18.1 Å². The van der Waals surface area contributed by atoms with Gasteiger partial charge in [-0.2, -0.15) is 0 Å². The van der Waals surface area contributed by atoms with Gasteiger partial charge in [-0.3, -0.25) is 4.99 Å². The predicted octanol–water partition coefficient (Wildman–Crippen LogP) is -0.730. The third kappa shape index (κ3) is 2.96. The van der Waals surface area contributed by atoms with E-state index in [0.717, 1.165) is 18.9 Å². The number of sulfonamides is 1. The van der Waals surface area contributed by atoms with Gasteiger partial charge in [0.15, 0.2) is 0 Å². The van der Waals surface area contributed by atoms with Gasteiger partial charge >= 0.3 is 0 Å². The monoisotopic (exact) mass is 205 g/mol. The van der Waals surface area contributed by atoms with Crippen LogP contribution in [0.2, 0.25) is 0 Å². The largest absolute Gasteiger partial charge is 0.358 e. The maximum absolute atomic E-state index is 11.1. The van der Waals surface area contributed by atoms with Crippen molar-refractivity contribution in [3.63, 3.8) is 0 Å². The highest BCUT2D eigenvalue weighted by Gasteiger charge is 2.15. The van der Waals surface area contributed by atoms with Gasteiger partial charge in [-0.15, -0.1) is 0 Å². The SMILES string of the molecule is CNS(=O)(=O)CCN1CCN=C1C. The summed E-state index contributed by atoms with van der Waals surface area (Å²) in [6.07, 6.45) is 0. The zero-order valence-corrected chi connectivity index (χ0v) is 8.76. The Bertz CT molecular complexity index is 297. The van der Waals surface area contributed by atoms with E-state index in [4.69, 9.17) is 0 Å². The van der Waals surface area contributed by atoms with Gasteiger partial charge < -0.3 is 4.90 Å². The molecule has 0 aromatic carbocycles. The molecule has 0 atom stereocenters. The fraction of sp³-hybridized carbons (Fsp3) is 0.857. The van der Waals surface area contributed by atoms with Gasteiger partial charge in [-0.25, -0.2) is 13.1 Å². The Kier molecular flexibility index (Phi) is 3.27. The fourth-order valence-electron chi connectivity index (χ4n) is 1.20. The van der Waals surface area contributed by atoms with Gasteiger partial charge in [0, 0.05) is 13.1 Å². The third-order valence-corrected chi connectivity index (χ3v) is 3.45. The summed E-state index contributed by atoms with van der Waals surface area (Å²) in [5, 5.41) is 0. The molecule has 76 valence electrons. The van der Waals surface area contributed by atoms with Crippen LogP contribution in [0.5, 0.6) is 0 Å². The van der Waals surface area contributed by atoms with E-state index >= 15 is 0 Å². The minimum Gasteiger partial charge on any atom is -0.358 e. The number of hydrogen-bond donors (Lipinski definition) is 1. The van der Waals surface area contributed by atoms with Gasteiger partial charge in [-0.05, 0) is 14.0 Å². The number of nitrogens with zero attached hydrogens (tertiary/aromatic N) is 2. The molecule has 0 aliphatic carbocycles. The minimum absolute atomic E-state index is 0.135. The van der Waals surface area contributed by atoms with Crippen LogP contribution in [0.3, 0.4) is 0 Å². The highest BCUT2D eigenvalue weighted by Crippen LogP contribution is 2.00. The van der Waals surface area contributed by atoms with Crippen LogP contribution < -0.4 is 4.72 Å². The zero-order chi connectivity index (χ0) is 9.90. The summed E-state index contributed by atoms with van der Waals surface area (Å²) >= 11 is 0. The minimum atomic E-state index is -3.08. The third-order valence-electron chi connectivity index (χ3n) is 2.11. The molecular formula is C7H15N3O2S. The van der Waals surface area contributed by atoms with E-state index in [-0.39, 0.29) is 5.75 Å². The molecule has 1 heterocycles. The zero-order valence-electron chi connectivity index (χ0n) is 7.95. The van der Waals surface area contributed by atoms with Crippen LogP contribution >= 0.6 is 0 Å². The lowest BCUT2D eigenvalue weighted by molar-refractivity contribution is 0.476. The highest BCUT2D eigenvalue weighted by atomic mass is 32.2. The van der Waals surface area contributed by atoms with Crippen LogP contribution in [0.4, 0.5) is 0 Å². The highest BCUT2D eigenvalue weighted by molar-refractivity contribution is 7.89. The molecule has 13 heavy (non-hydrogen) atoms. The number of nitrogens with one attached hydrogen (secondary N) is 1. The Morgan fingerprint density at radius 1 is 1.62 bits per heavy atom. The van der Waals surface area contributed by atoms with Crippen LogP contribution in [0.15, 0.2) is 4.99 Å². The van der Waals surface area contributed by atoms with Crippen LogP contribution in [-0.4, -0.2) is 51.6 Å². The van der Waals surface area contributed by atoms with E-state index in [2.05, 4.69) is 9.71 Å². The number of rotatable bonds is 4. The maximum atomic E-state index is 11.1. The lowest BCUT2D eigenvalue weighted by Gasteiger charge is -2.17. The molecule has 0 unspecified atom stereocenters. The van der Waals surface area contributed by atoms with Crippen LogP contribution in [0.25, 0.3) is 0 Å². The molecule has 0 aromatic rings. The first-order valence-corrected chi connectivity index (χ1v) is 5.87. The molecule has 0 amide bonds. The number of hydrogen-bond acceptors (Lipinski definition) is 4. The summed E-state index contributed by atoms with van der Waals surface area (Å²) in [5.41, 5.74) is 0. The van der Waals surface area contributed by atoms with E-state index in [9.17, 15) is 8.42 Å². The van der Waals surface area contributed by atoms with Crippen molar-refractivity contribution >= 4 is 15.9 Å². The van der Waals surface area contributed by atoms with Crippen LogP contribution in [0.1, 0.15) is 6.92 Å².